The van der Waals surface area contributed by atoms with Crippen LogP contribution in [0.5, 0.6) is 0 Å². The molecule has 0 unspecified atom stereocenters. The predicted molar refractivity (Wildman–Crippen MR) is 70.7 cm³/mol. The molecule has 1 aliphatic heterocycles. The summed E-state index contributed by atoms with van der Waals surface area (Å²) in [6.07, 6.45) is 3.40. The first-order valence-corrected chi connectivity index (χ1v) is 6.60. The first kappa shape index (κ1) is 10.4. The van der Waals surface area contributed by atoms with Gasteiger partial charge in [-0.2, -0.15) is 0 Å². The number of para-hydroxylation sites is 1. The minimum atomic E-state index is 0.713. The molecule has 2 nitrogen and oxygen atoms in total. The maximum absolute atomic E-state index is 5.70. The Balaban J connectivity index is 2.36. The van der Waals surface area contributed by atoms with Crippen LogP contribution < -0.4 is 5.73 Å². The molecule has 16 heavy (non-hydrogen) atoms. The second-order valence-electron chi connectivity index (χ2n) is 4.37. The van der Waals surface area contributed by atoms with Crippen molar-refractivity contribution in [1.29, 1.82) is 0 Å². The van der Waals surface area contributed by atoms with Gasteiger partial charge >= 0.3 is 0 Å². The zero-order valence-electron chi connectivity index (χ0n) is 9.17. The molecule has 3 rings (SSSR count). The van der Waals surface area contributed by atoms with Crippen LogP contribution in [0, 0.1) is 0 Å². The average Bonchev–Trinajstić information content (AvgIpc) is 2.58. The molecule has 0 atom stereocenters. The number of nitrogens with zero attached hydrogens (tertiary/aromatic N) is 1. The van der Waals surface area contributed by atoms with Crippen LogP contribution in [-0.4, -0.2) is 11.1 Å². The van der Waals surface area contributed by atoms with Gasteiger partial charge in [-0.3, -0.25) is 0 Å². The van der Waals surface area contributed by atoms with Gasteiger partial charge in [0.25, 0.3) is 0 Å². The van der Waals surface area contributed by atoms with E-state index in [0.717, 1.165) is 13.0 Å². The number of benzene rings is 1. The number of nitrogens with two attached hydrogens (primary N) is 1. The van der Waals surface area contributed by atoms with E-state index in [-0.39, 0.29) is 0 Å². The lowest BCUT2D eigenvalue weighted by atomic mass is 10.0. The summed E-state index contributed by atoms with van der Waals surface area (Å²) in [4.78, 5) is 0. The van der Waals surface area contributed by atoms with Crippen molar-refractivity contribution in [1.82, 2.24) is 4.57 Å². The number of halogens is 1. The van der Waals surface area contributed by atoms with Crippen molar-refractivity contribution >= 4 is 26.8 Å². The van der Waals surface area contributed by atoms with E-state index in [9.17, 15) is 0 Å². The Labute approximate surface area is 104 Å². The number of aryl methyl sites for hydroxylation is 2. The third-order valence-corrected chi connectivity index (χ3v) is 4.30. The Hall–Kier alpha value is -0.800. The zero-order chi connectivity index (χ0) is 11.1. The van der Waals surface area contributed by atoms with Crippen LogP contribution in [0.15, 0.2) is 22.7 Å². The molecule has 1 aromatic heterocycles. The van der Waals surface area contributed by atoms with Gasteiger partial charge in [-0.05, 0) is 40.9 Å². The fraction of sp³-hybridized carbons (Fsp3) is 0.385. The van der Waals surface area contributed by atoms with Gasteiger partial charge in [0.2, 0.25) is 0 Å². The largest absolute Gasteiger partial charge is 0.343 e. The van der Waals surface area contributed by atoms with Gasteiger partial charge in [-0.1, -0.05) is 18.2 Å². The molecule has 0 saturated carbocycles. The lowest BCUT2D eigenvalue weighted by Gasteiger charge is -2.17. The van der Waals surface area contributed by atoms with Crippen LogP contribution in [0.2, 0.25) is 0 Å². The van der Waals surface area contributed by atoms with Crippen molar-refractivity contribution in [3.05, 3.63) is 33.9 Å². The fourth-order valence-electron chi connectivity index (χ4n) is 2.75. The van der Waals surface area contributed by atoms with Gasteiger partial charge in [0.1, 0.15) is 0 Å². The number of hydrogen-bond acceptors (Lipinski definition) is 1. The maximum atomic E-state index is 5.70. The van der Waals surface area contributed by atoms with E-state index in [0.29, 0.717) is 6.54 Å². The number of aromatic nitrogens is 1. The Morgan fingerprint density at radius 2 is 2.25 bits per heavy atom. The first-order chi connectivity index (χ1) is 7.83. The van der Waals surface area contributed by atoms with Gasteiger partial charge in [-0.25, -0.2) is 0 Å². The molecule has 0 aliphatic carbocycles. The van der Waals surface area contributed by atoms with E-state index in [4.69, 9.17) is 5.73 Å². The van der Waals surface area contributed by atoms with Crippen molar-refractivity contribution in [3.8, 4) is 0 Å². The van der Waals surface area contributed by atoms with Crippen molar-refractivity contribution in [3.63, 3.8) is 0 Å². The fourth-order valence-corrected chi connectivity index (χ4v) is 3.49. The molecule has 0 spiro atoms. The maximum Gasteiger partial charge on any atom is 0.0526 e. The number of hydrogen-bond donors (Lipinski definition) is 1. The Kier molecular flexibility index (Phi) is 2.52. The quantitative estimate of drug-likeness (QED) is 0.900. The molecule has 0 amide bonds. The highest BCUT2D eigenvalue weighted by molar-refractivity contribution is 9.10. The minimum Gasteiger partial charge on any atom is -0.343 e. The molecule has 0 bridgehead atoms. The third kappa shape index (κ3) is 1.35. The van der Waals surface area contributed by atoms with Gasteiger partial charge in [0.05, 0.1) is 5.52 Å². The predicted octanol–water partition coefficient (Wildman–Crippen LogP) is 2.85. The Bertz CT molecular complexity index is 542. The van der Waals surface area contributed by atoms with E-state index < -0.39 is 0 Å². The van der Waals surface area contributed by atoms with E-state index in [2.05, 4.69) is 38.7 Å². The van der Waals surface area contributed by atoms with Crippen LogP contribution >= 0.6 is 15.9 Å². The number of rotatable bonds is 2. The molecule has 1 aromatic carbocycles. The Morgan fingerprint density at radius 3 is 3.06 bits per heavy atom. The summed E-state index contributed by atoms with van der Waals surface area (Å²) in [7, 11) is 0. The lowest BCUT2D eigenvalue weighted by molar-refractivity contribution is 0.609. The average molecular weight is 279 g/mol. The van der Waals surface area contributed by atoms with Crippen LogP contribution in [0.4, 0.5) is 0 Å². The summed E-state index contributed by atoms with van der Waals surface area (Å²) in [5, 5.41) is 1.35. The van der Waals surface area contributed by atoms with Crippen LogP contribution in [0.3, 0.4) is 0 Å². The third-order valence-electron chi connectivity index (χ3n) is 3.41. The van der Waals surface area contributed by atoms with Gasteiger partial charge in [-0.15, -0.1) is 0 Å². The minimum absolute atomic E-state index is 0.713. The van der Waals surface area contributed by atoms with Crippen LogP contribution in [0.25, 0.3) is 10.9 Å². The standard InChI is InChI=1S/C13H15BrN2/c14-12-10-5-1-3-9-4-2-8-16(13(9)10)11(12)6-7-15/h1,3,5H,2,4,6-8,15H2. The van der Waals surface area contributed by atoms with Crippen LogP contribution in [-0.2, 0) is 19.4 Å². The summed E-state index contributed by atoms with van der Waals surface area (Å²) in [6.45, 7) is 1.85. The van der Waals surface area contributed by atoms with Gasteiger partial charge in [0.15, 0.2) is 0 Å². The molecule has 2 N–H and O–H groups in total. The summed E-state index contributed by atoms with van der Waals surface area (Å²) >= 11 is 3.73. The topological polar surface area (TPSA) is 30.9 Å². The summed E-state index contributed by atoms with van der Waals surface area (Å²) in [5.41, 5.74) is 9.96. The monoisotopic (exact) mass is 278 g/mol. The molecular weight excluding hydrogens is 264 g/mol. The van der Waals surface area contributed by atoms with E-state index in [1.165, 1.54) is 39.5 Å². The van der Waals surface area contributed by atoms with Gasteiger partial charge < -0.3 is 10.3 Å². The van der Waals surface area contributed by atoms with Crippen molar-refractivity contribution in [2.24, 2.45) is 5.73 Å². The highest BCUT2D eigenvalue weighted by Crippen LogP contribution is 2.36. The lowest BCUT2D eigenvalue weighted by Crippen LogP contribution is -2.13. The molecular formula is C13H15BrN2. The molecule has 2 heterocycles. The molecule has 0 fully saturated rings. The van der Waals surface area contributed by atoms with Crippen LogP contribution in [0.1, 0.15) is 17.7 Å². The zero-order valence-corrected chi connectivity index (χ0v) is 10.8. The van der Waals surface area contributed by atoms with Gasteiger partial charge in [0, 0.05) is 28.5 Å². The van der Waals surface area contributed by atoms with E-state index in [1.807, 2.05) is 0 Å². The molecule has 1 aliphatic rings. The summed E-state index contributed by atoms with van der Waals surface area (Å²) < 4.78 is 3.70. The molecule has 84 valence electrons. The highest BCUT2D eigenvalue weighted by atomic mass is 79.9. The molecule has 3 heteroatoms. The molecule has 0 radical (unpaired) electrons. The smallest absolute Gasteiger partial charge is 0.0526 e. The van der Waals surface area contributed by atoms with Crippen molar-refractivity contribution in [2.75, 3.05) is 6.54 Å². The molecule has 2 aromatic rings. The highest BCUT2D eigenvalue weighted by Gasteiger charge is 2.19. The normalized spacial score (nSPS) is 14.6. The Morgan fingerprint density at radius 1 is 1.38 bits per heavy atom. The van der Waals surface area contributed by atoms with E-state index >= 15 is 0 Å². The SMILES string of the molecule is NCCc1c(Br)c2cccc3c2n1CCC3. The van der Waals surface area contributed by atoms with Crippen molar-refractivity contribution in [2.45, 2.75) is 25.8 Å². The summed E-state index contributed by atoms with van der Waals surface area (Å²) in [5.74, 6) is 0. The molecule has 0 saturated heterocycles. The second-order valence-corrected chi connectivity index (χ2v) is 5.16. The van der Waals surface area contributed by atoms with E-state index in [1.54, 1.807) is 0 Å². The summed E-state index contributed by atoms with van der Waals surface area (Å²) in [6, 6.07) is 6.60. The second kappa shape index (κ2) is 3.90. The first-order valence-electron chi connectivity index (χ1n) is 5.81. The van der Waals surface area contributed by atoms with Crippen molar-refractivity contribution < 1.29 is 0 Å².